The van der Waals surface area contributed by atoms with Crippen LogP contribution in [0.5, 0.6) is 0 Å². The fourth-order valence-electron chi connectivity index (χ4n) is 5.43. The van der Waals surface area contributed by atoms with Crippen molar-refractivity contribution in [3.05, 3.63) is 126 Å². The molecule has 0 spiro atoms. The second-order valence-electron chi connectivity index (χ2n) is 9.13. The molecular formula is C32H23N. The topological polar surface area (TPSA) is 4.93 Å². The molecule has 1 aliphatic rings. The lowest BCUT2D eigenvalue weighted by Gasteiger charge is -2.09. The van der Waals surface area contributed by atoms with Crippen molar-refractivity contribution in [2.75, 3.05) is 0 Å². The normalized spacial score (nSPS) is 12.3. The summed E-state index contributed by atoms with van der Waals surface area (Å²) in [5.41, 5.74) is 13.1. The van der Waals surface area contributed by atoms with Gasteiger partial charge in [0.2, 0.25) is 0 Å². The van der Waals surface area contributed by atoms with Crippen LogP contribution in [0, 0.1) is 6.92 Å². The Balaban J connectivity index is 1.43. The molecule has 6 aromatic rings. The zero-order valence-electron chi connectivity index (χ0n) is 18.5. The highest BCUT2D eigenvalue weighted by atomic mass is 15.0. The Morgan fingerprint density at radius 2 is 1.24 bits per heavy atom. The van der Waals surface area contributed by atoms with E-state index in [1.165, 1.54) is 66.4 Å². The molecule has 0 unspecified atom stereocenters. The van der Waals surface area contributed by atoms with Crippen LogP contribution in [0.4, 0.5) is 0 Å². The molecule has 1 nitrogen and oxygen atoms in total. The van der Waals surface area contributed by atoms with Gasteiger partial charge in [0.1, 0.15) is 0 Å². The van der Waals surface area contributed by atoms with Crippen molar-refractivity contribution >= 4 is 21.8 Å². The van der Waals surface area contributed by atoms with Crippen LogP contribution in [-0.4, -0.2) is 4.57 Å². The van der Waals surface area contributed by atoms with E-state index in [-0.39, 0.29) is 0 Å². The maximum atomic E-state index is 2.38. The third kappa shape index (κ3) is 2.79. The van der Waals surface area contributed by atoms with E-state index in [9.17, 15) is 0 Å². The van der Waals surface area contributed by atoms with Crippen LogP contribution in [0.1, 0.15) is 16.7 Å². The minimum absolute atomic E-state index is 1.04. The molecule has 1 aliphatic carbocycles. The summed E-state index contributed by atoms with van der Waals surface area (Å²) in [5, 5.41) is 2.59. The van der Waals surface area contributed by atoms with Gasteiger partial charge in [-0.1, -0.05) is 78.4 Å². The van der Waals surface area contributed by atoms with E-state index in [4.69, 9.17) is 0 Å². The molecule has 5 aromatic carbocycles. The van der Waals surface area contributed by atoms with Crippen LogP contribution in [0.25, 0.3) is 49.7 Å². The first-order valence-electron chi connectivity index (χ1n) is 11.6. The zero-order valence-corrected chi connectivity index (χ0v) is 18.5. The number of fused-ring (bicyclic) bond motifs is 6. The lowest BCUT2D eigenvalue weighted by atomic mass is 9.97. The summed E-state index contributed by atoms with van der Waals surface area (Å²) in [4.78, 5) is 0. The van der Waals surface area contributed by atoms with Gasteiger partial charge in [0, 0.05) is 16.5 Å². The lowest BCUT2D eigenvalue weighted by molar-refractivity contribution is 1.17. The quantitative estimate of drug-likeness (QED) is 0.264. The number of hydrogen-bond acceptors (Lipinski definition) is 0. The summed E-state index contributed by atoms with van der Waals surface area (Å²) in [6, 6.07) is 40.2. The molecule has 0 radical (unpaired) electrons. The summed E-state index contributed by atoms with van der Waals surface area (Å²) >= 11 is 0. The molecule has 0 aliphatic heterocycles. The number of para-hydroxylation sites is 1. The number of hydrogen-bond donors (Lipinski definition) is 0. The van der Waals surface area contributed by atoms with Crippen LogP contribution < -0.4 is 0 Å². The molecular weight excluding hydrogens is 398 g/mol. The second kappa shape index (κ2) is 6.95. The van der Waals surface area contributed by atoms with Crippen LogP contribution >= 0.6 is 0 Å². The van der Waals surface area contributed by atoms with E-state index in [1.54, 1.807) is 0 Å². The number of benzene rings is 5. The highest BCUT2D eigenvalue weighted by Crippen LogP contribution is 2.40. The predicted octanol–water partition coefficient (Wildman–Crippen LogP) is 8.33. The van der Waals surface area contributed by atoms with E-state index in [0.717, 1.165) is 6.42 Å². The van der Waals surface area contributed by atoms with Gasteiger partial charge < -0.3 is 4.57 Å². The highest BCUT2D eigenvalue weighted by Gasteiger charge is 2.19. The molecule has 7 rings (SSSR count). The molecule has 156 valence electrons. The summed E-state index contributed by atoms with van der Waals surface area (Å²) in [6.07, 6.45) is 1.04. The van der Waals surface area contributed by atoms with Crippen LogP contribution in [0.3, 0.4) is 0 Å². The summed E-state index contributed by atoms with van der Waals surface area (Å²) in [6.45, 7) is 2.14. The average Bonchev–Trinajstić information content (AvgIpc) is 3.39. The Morgan fingerprint density at radius 3 is 2.15 bits per heavy atom. The number of rotatable bonds is 2. The van der Waals surface area contributed by atoms with E-state index >= 15 is 0 Å². The molecule has 33 heavy (non-hydrogen) atoms. The SMILES string of the molecule is Cc1ccc(-n2c3ccccc3c3cc(-c4ccc5c(c4)-c4ccccc4C5)ccc32)cc1. The predicted molar refractivity (Wildman–Crippen MR) is 139 cm³/mol. The van der Waals surface area contributed by atoms with E-state index in [1.807, 2.05) is 0 Å². The zero-order chi connectivity index (χ0) is 21.9. The fraction of sp³-hybridized carbons (Fsp3) is 0.0625. The first-order valence-corrected chi connectivity index (χ1v) is 11.6. The molecule has 0 atom stereocenters. The molecule has 0 saturated heterocycles. The van der Waals surface area contributed by atoms with Crippen LogP contribution in [0.15, 0.2) is 109 Å². The van der Waals surface area contributed by atoms with E-state index in [0.29, 0.717) is 0 Å². The highest BCUT2D eigenvalue weighted by molar-refractivity contribution is 6.10. The number of nitrogens with zero attached hydrogens (tertiary/aromatic N) is 1. The average molecular weight is 422 g/mol. The molecule has 0 fully saturated rings. The summed E-state index contributed by atoms with van der Waals surface area (Å²) in [7, 11) is 0. The van der Waals surface area contributed by atoms with Gasteiger partial charge in [-0.15, -0.1) is 0 Å². The van der Waals surface area contributed by atoms with Crippen molar-refractivity contribution in [1.82, 2.24) is 4.57 Å². The minimum Gasteiger partial charge on any atom is -0.309 e. The Morgan fingerprint density at radius 1 is 0.545 bits per heavy atom. The van der Waals surface area contributed by atoms with Gasteiger partial charge in [0.25, 0.3) is 0 Å². The van der Waals surface area contributed by atoms with Gasteiger partial charge in [-0.2, -0.15) is 0 Å². The summed E-state index contributed by atoms with van der Waals surface area (Å²) < 4.78 is 2.38. The largest absolute Gasteiger partial charge is 0.309 e. The van der Waals surface area contributed by atoms with E-state index < -0.39 is 0 Å². The third-order valence-corrected chi connectivity index (χ3v) is 7.10. The van der Waals surface area contributed by atoms with Gasteiger partial charge >= 0.3 is 0 Å². The Bertz CT molecular complexity index is 1680. The molecule has 0 saturated carbocycles. The summed E-state index contributed by atoms with van der Waals surface area (Å²) in [5.74, 6) is 0. The van der Waals surface area contributed by atoms with Gasteiger partial charge in [0.05, 0.1) is 11.0 Å². The van der Waals surface area contributed by atoms with Crippen molar-refractivity contribution in [2.45, 2.75) is 13.3 Å². The van der Waals surface area contributed by atoms with Gasteiger partial charge in [-0.05, 0) is 83.1 Å². The van der Waals surface area contributed by atoms with Gasteiger partial charge in [-0.25, -0.2) is 0 Å². The first-order chi connectivity index (χ1) is 16.3. The van der Waals surface area contributed by atoms with Gasteiger partial charge in [0.15, 0.2) is 0 Å². The lowest BCUT2D eigenvalue weighted by Crippen LogP contribution is -1.93. The molecule has 0 amide bonds. The monoisotopic (exact) mass is 421 g/mol. The van der Waals surface area contributed by atoms with Gasteiger partial charge in [-0.3, -0.25) is 0 Å². The van der Waals surface area contributed by atoms with Crippen molar-refractivity contribution in [1.29, 1.82) is 0 Å². The molecule has 0 bridgehead atoms. The fourth-order valence-corrected chi connectivity index (χ4v) is 5.43. The maximum Gasteiger partial charge on any atom is 0.0541 e. The van der Waals surface area contributed by atoms with Crippen LogP contribution in [-0.2, 0) is 6.42 Å². The minimum atomic E-state index is 1.04. The van der Waals surface area contributed by atoms with Crippen molar-refractivity contribution in [3.63, 3.8) is 0 Å². The first kappa shape index (κ1) is 18.5. The Labute approximate surface area is 193 Å². The van der Waals surface area contributed by atoms with Crippen molar-refractivity contribution in [3.8, 4) is 27.9 Å². The number of aromatic nitrogens is 1. The second-order valence-corrected chi connectivity index (χ2v) is 9.13. The van der Waals surface area contributed by atoms with Crippen LogP contribution in [0.2, 0.25) is 0 Å². The number of aryl methyl sites for hydroxylation is 1. The molecule has 1 heteroatoms. The maximum absolute atomic E-state index is 2.38. The van der Waals surface area contributed by atoms with Crippen molar-refractivity contribution < 1.29 is 0 Å². The molecule has 1 aromatic heterocycles. The Kier molecular flexibility index (Phi) is 3.89. The molecule has 0 N–H and O–H groups in total. The third-order valence-electron chi connectivity index (χ3n) is 7.10. The standard InChI is InChI=1S/C32H23N/c1-21-10-15-26(16-11-21)33-31-9-5-4-8-28(31)30-20-23(14-17-32(30)33)22-12-13-25-18-24-6-2-3-7-27(24)29(25)19-22/h2-17,19-20H,18H2,1H3. The smallest absolute Gasteiger partial charge is 0.0541 e. The van der Waals surface area contributed by atoms with E-state index in [2.05, 4.69) is 121 Å². The van der Waals surface area contributed by atoms with Crippen molar-refractivity contribution in [2.24, 2.45) is 0 Å². The Hall–Kier alpha value is -4.10. The molecule has 1 heterocycles.